The number of anilines is 2. The molecular formula is C30H39N7O6. The molecule has 3 aromatic rings. The molecule has 1 aromatic carbocycles. The molecule has 2 amide bonds. The van der Waals surface area contributed by atoms with Crippen LogP contribution in [0.25, 0.3) is 11.2 Å². The fourth-order valence-electron chi connectivity index (χ4n) is 5.13. The van der Waals surface area contributed by atoms with Gasteiger partial charge in [-0.25, -0.2) is 9.59 Å². The Hall–Kier alpha value is -4.68. The summed E-state index contributed by atoms with van der Waals surface area (Å²) < 4.78 is 9.32. The quantitative estimate of drug-likeness (QED) is 0.299. The molecule has 0 unspecified atom stereocenters. The van der Waals surface area contributed by atoms with Crippen LogP contribution in [0.3, 0.4) is 0 Å². The standard InChI is InChI=1S/C30H39N7O6/c1-7-8-16-36-24-25(33-27(36)35-15-11-12-20(17-35)32-28(41)43-30(3,4)5)34(6)29(42)37(26(24)40)18-23(39)21-13-9-10-14-22(21)31-19(2)38/h7-10,13-14,20H,11-12,15-18H2,1-6H3,(H,31,38)(H,32,41)/t20-/m0/s1. The van der Waals surface area contributed by atoms with Crippen LogP contribution in [-0.2, 0) is 29.7 Å². The number of imidazole rings is 1. The zero-order valence-electron chi connectivity index (χ0n) is 25.5. The van der Waals surface area contributed by atoms with E-state index in [1.165, 1.54) is 24.6 Å². The van der Waals surface area contributed by atoms with Crippen LogP contribution in [0.15, 0.2) is 46.0 Å². The van der Waals surface area contributed by atoms with Gasteiger partial charge in [-0.3, -0.25) is 23.5 Å². The lowest BCUT2D eigenvalue weighted by Crippen LogP contribution is -2.49. The number of fused-ring (bicyclic) bond motifs is 1. The van der Waals surface area contributed by atoms with Gasteiger partial charge in [0, 0.05) is 45.2 Å². The molecule has 4 rings (SSSR count). The Balaban J connectivity index is 1.74. The van der Waals surface area contributed by atoms with Crippen molar-refractivity contribution in [2.45, 2.75) is 72.2 Å². The second-order valence-electron chi connectivity index (χ2n) is 11.6. The molecule has 2 aromatic heterocycles. The van der Waals surface area contributed by atoms with Crippen LogP contribution in [0.5, 0.6) is 0 Å². The van der Waals surface area contributed by atoms with E-state index in [2.05, 4.69) is 10.6 Å². The summed E-state index contributed by atoms with van der Waals surface area (Å²) >= 11 is 0. The van der Waals surface area contributed by atoms with Crippen molar-refractivity contribution < 1.29 is 19.1 Å². The summed E-state index contributed by atoms with van der Waals surface area (Å²) in [5.74, 6) is -0.373. The van der Waals surface area contributed by atoms with Gasteiger partial charge in [0.15, 0.2) is 16.9 Å². The molecule has 2 N–H and O–H groups in total. The second kappa shape index (κ2) is 12.7. The first kappa shape index (κ1) is 31.3. The number of aryl methyl sites for hydroxylation is 1. The summed E-state index contributed by atoms with van der Waals surface area (Å²) in [6.07, 6.45) is 4.73. The third kappa shape index (κ3) is 7.04. The van der Waals surface area contributed by atoms with Crippen LogP contribution in [0.4, 0.5) is 16.4 Å². The lowest BCUT2D eigenvalue weighted by atomic mass is 10.1. The van der Waals surface area contributed by atoms with Crippen molar-refractivity contribution in [1.82, 2.24) is 24.0 Å². The number of ketones is 1. The molecule has 3 heterocycles. The molecule has 1 aliphatic heterocycles. The van der Waals surface area contributed by atoms with Gasteiger partial charge in [0.25, 0.3) is 5.56 Å². The maximum absolute atomic E-state index is 13.9. The topological polar surface area (TPSA) is 150 Å². The maximum Gasteiger partial charge on any atom is 0.407 e. The van der Waals surface area contributed by atoms with Crippen molar-refractivity contribution in [1.29, 1.82) is 0 Å². The Labute approximate surface area is 249 Å². The van der Waals surface area contributed by atoms with Crippen molar-refractivity contribution in [2.24, 2.45) is 7.05 Å². The number of hydrogen-bond donors (Lipinski definition) is 2. The first-order valence-corrected chi connectivity index (χ1v) is 14.3. The van der Waals surface area contributed by atoms with Gasteiger partial charge in [0.2, 0.25) is 11.9 Å². The van der Waals surface area contributed by atoms with E-state index in [0.29, 0.717) is 31.3 Å². The van der Waals surface area contributed by atoms with Crippen molar-refractivity contribution >= 4 is 40.6 Å². The number of nitrogens with one attached hydrogen (secondary N) is 2. The number of benzene rings is 1. The molecular weight excluding hydrogens is 554 g/mol. The van der Waals surface area contributed by atoms with Crippen molar-refractivity contribution in [3.8, 4) is 0 Å². The van der Waals surface area contributed by atoms with Crippen LogP contribution < -0.4 is 26.8 Å². The number of allylic oxidation sites excluding steroid dienone is 2. The fraction of sp³-hybridized carbons (Fsp3) is 0.467. The number of nitrogens with zero attached hydrogens (tertiary/aromatic N) is 5. The number of Topliss-reactive ketones (excluding diaryl/α,β-unsaturated/α-hetero) is 1. The minimum absolute atomic E-state index is 0.181. The van der Waals surface area contributed by atoms with Gasteiger partial charge in [-0.1, -0.05) is 24.3 Å². The summed E-state index contributed by atoms with van der Waals surface area (Å²) in [5.41, 5.74) is -1.10. The van der Waals surface area contributed by atoms with E-state index < -0.39 is 35.3 Å². The van der Waals surface area contributed by atoms with E-state index in [1.54, 1.807) is 43.5 Å². The van der Waals surface area contributed by atoms with Crippen molar-refractivity contribution in [2.75, 3.05) is 23.3 Å². The van der Waals surface area contributed by atoms with Crippen LogP contribution in [0.1, 0.15) is 57.8 Å². The smallest absolute Gasteiger partial charge is 0.407 e. The summed E-state index contributed by atoms with van der Waals surface area (Å²) in [6, 6.07) is 6.23. The molecule has 0 bridgehead atoms. The van der Waals surface area contributed by atoms with Gasteiger partial charge in [-0.05, 0) is 52.7 Å². The van der Waals surface area contributed by atoms with Gasteiger partial charge in [0.05, 0.1) is 12.2 Å². The van der Waals surface area contributed by atoms with Gasteiger partial charge in [0.1, 0.15) is 5.60 Å². The van der Waals surface area contributed by atoms with E-state index >= 15 is 0 Å². The van der Waals surface area contributed by atoms with Crippen LogP contribution >= 0.6 is 0 Å². The van der Waals surface area contributed by atoms with Gasteiger partial charge >= 0.3 is 11.8 Å². The average Bonchev–Trinajstić information content (AvgIpc) is 3.31. The zero-order chi connectivity index (χ0) is 31.5. The number of piperidine rings is 1. The zero-order valence-corrected chi connectivity index (χ0v) is 25.5. The normalized spacial score (nSPS) is 15.6. The molecule has 1 saturated heterocycles. The van der Waals surface area contributed by atoms with E-state index in [1.807, 2.05) is 24.0 Å². The number of amides is 2. The lowest BCUT2D eigenvalue weighted by molar-refractivity contribution is -0.114. The summed E-state index contributed by atoms with van der Waals surface area (Å²) in [7, 11) is 1.51. The summed E-state index contributed by atoms with van der Waals surface area (Å²) in [4.78, 5) is 71.5. The monoisotopic (exact) mass is 593 g/mol. The number of para-hydroxylation sites is 1. The molecule has 13 nitrogen and oxygen atoms in total. The second-order valence-corrected chi connectivity index (χ2v) is 11.6. The average molecular weight is 594 g/mol. The van der Waals surface area contributed by atoms with Gasteiger partial charge < -0.3 is 24.8 Å². The van der Waals surface area contributed by atoms with Gasteiger partial charge in [-0.15, -0.1) is 0 Å². The molecule has 13 heteroatoms. The molecule has 0 radical (unpaired) electrons. The largest absolute Gasteiger partial charge is 0.444 e. The Morgan fingerprint density at radius 1 is 1.14 bits per heavy atom. The Morgan fingerprint density at radius 2 is 1.86 bits per heavy atom. The Bertz CT molecular complexity index is 1690. The SMILES string of the molecule is CC=CCn1c(N2CCC[C@H](NC(=O)OC(C)(C)C)C2)nc2c1c(=O)n(CC(=O)c1ccccc1NC(C)=O)c(=O)n2C. The van der Waals surface area contributed by atoms with Crippen molar-refractivity contribution in [3.05, 3.63) is 62.8 Å². The minimum atomic E-state index is -0.687. The lowest BCUT2D eigenvalue weighted by Gasteiger charge is -2.34. The highest BCUT2D eigenvalue weighted by atomic mass is 16.6. The molecule has 0 aliphatic carbocycles. The first-order chi connectivity index (χ1) is 20.3. The number of hydrogen-bond acceptors (Lipinski definition) is 8. The van der Waals surface area contributed by atoms with E-state index in [9.17, 15) is 24.0 Å². The number of alkyl carbamates (subject to hydrolysis) is 1. The predicted molar refractivity (Wildman–Crippen MR) is 164 cm³/mol. The van der Waals surface area contributed by atoms with Gasteiger partial charge in [-0.2, -0.15) is 4.98 Å². The number of carbonyl (C=O) groups is 3. The van der Waals surface area contributed by atoms with E-state index in [4.69, 9.17) is 9.72 Å². The number of carbonyl (C=O) groups excluding carboxylic acids is 3. The third-order valence-electron chi connectivity index (χ3n) is 7.00. The number of aromatic nitrogens is 4. The minimum Gasteiger partial charge on any atom is -0.444 e. The fourth-order valence-corrected chi connectivity index (χ4v) is 5.13. The predicted octanol–water partition coefficient (Wildman–Crippen LogP) is 2.81. The van der Waals surface area contributed by atoms with Crippen molar-refractivity contribution in [3.63, 3.8) is 0 Å². The summed E-state index contributed by atoms with van der Waals surface area (Å²) in [6.45, 7) is 9.44. The summed E-state index contributed by atoms with van der Waals surface area (Å²) in [5, 5.41) is 5.54. The molecule has 43 heavy (non-hydrogen) atoms. The Morgan fingerprint density at radius 3 is 2.53 bits per heavy atom. The molecule has 1 atom stereocenters. The Kier molecular flexibility index (Phi) is 9.22. The van der Waals surface area contributed by atoms with Crippen LogP contribution in [0.2, 0.25) is 0 Å². The van der Waals surface area contributed by atoms with E-state index in [-0.39, 0.29) is 28.7 Å². The molecule has 0 spiro atoms. The maximum atomic E-state index is 13.9. The van der Waals surface area contributed by atoms with Crippen LogP contribution in [0, 0.1) is 0 Å². The molecule has 1 aliphatic rings. The molecule has 1 fully saturated rings. The first-order valence-electron chi connectivity index (χ1n) is 14.3. The van der Waals surface area contributed by atoms with E-state index in [0.717, 1.165) is 17.4 Å². The van der Waals surface area contributed by atoms with Crippen LogP contribution in [-0.4, -0.2) is 61.2 Å². The highest BCUT2D eigenvalue weighted by Gasteiger charge is 2.29. The highest BCUT2D eigenvalue weighted by Crippen LogP contribution is 2.24. The third-order valence-corrected chi connectivity index (χ3v) is 7.00. The molecule has 0 saturated carbocycles. The highest BCUT2D eigenvalue weighted by molar-refractivity contribution is 6.04. The molecule has 230 valence electrons. The number of rotatable bonds is 8. The number of ether oxygens (including phenoxy) is 1.